The van der Waals surface area contributed by atoms with Crippen LogP contribution in [0, 0.1) is 0 Å². The molecule has 1 unspecified atom stereocenters. The lowest BCUT2D eigenvalue weighted by Crippen LogP contribution is -2.45. The monoisotopic (exact) mass is 369 g/mol. The van der Waals surface area contributed by atoms with E-state index in [9.17, 15) is 13.2 Å². The second-order valence-corrected chi connectivity index (χ2v) is 7.94. The van der Waals surface area contributed by atoms with Crippen LogP contribution < -0.4 is 15.4 Å². The fraction of sp³-hybridized carbons (Fsp3) is 0.562. The lowest BCUT2D eigenvalue weighted by molar-refractivity contribution is -0.128. The molecule has 0 saturated carbocycles. The highest BCUT2D eigenvalue weighted by Crippen LogP contribution is 2.31. The molecular weight excluding hydrogens is 346 g/mol. The molecule has 8 nitrogen and oxygen atoms in total. The summed E-state index contributed by atoms with van der Waals surface area (Å²) < 4.78 is 37.6. The van der Waals surface area contributed by atoms with Gasteiger partial charge in [0.25, 0.3) is 5.91 Å². The Bertz CT molecular complexity index is 725. The van der Waals surface area contributed by atoms with E-state index in [1.54, 1.807) is 6.07 Å². The molecule has 1 atom stereocenters. The number of ether oxygens (including phenoxy) is 2. The second-order valence-electron chi connectivity index (χ2n) is 6.03. The van der Waals surface area contributed by atoms with Gasteiger partial charge in [-0.05, 0) is 25.0 Å². The van der Waals surface area contributed by atoms with Crippen molar-refractivity contribution in [3.8, 4) is 5.75 Å². The van der Waals surface area contributed by atoms with Gasteiger partial charge < -0.3 is 20.1 Å². The van der Waals surface area contributed by atoms with Crippen molar-refractivity contribution < 1.29 is 22.7 Å². The van der Waals surface area contributed by atoms with Crippen LogP contribution in [0.4, 0.5) is 5.69 Å². The number of hydrogen-bond donors (Lipinski definition) is 2. The number of methoxy groups -OCH3 is 1. The van der Waals surface area contributed by atoms with Gasteiger partial charge in [0.1, 0.15) is 16.7 Å². The van der Waals surface area contributed by atoms with Crippen molar-refractivity contribution in [1.82, 2.24) is 9.62 Å². The summed E-state index contributed by atoms with van der Waals surface area (Å²) in [6.07, 6.45) is 1.17. The number of sulfonamides is 1. The van der Waals surface area contributed by atoms with Gasteiger partial charge in [-0.2, -0.15) is 4.31 Å². The lowest BCUT2D eigenvalue weighted by atomic mass is 10.2. The van der Waals surface area contributed by atoms with E-state index >= 15 is 0 Å². The molecule has 25 heavy (non-hydrogen) atoms. The average Bonchev–Trinajstić information content (AvgIpc) is 3.17. The zero-order chi connectivity index (χ0) is 17.9. The predicted molar refractivity (Wildman–Crippen MR) is 92.2 cm³/mol. The molecule has 1 aromatic rings. The Morgan fingerprint density at radius 2 is 2.12 bits per heavy atom. The summed E-state index contributed by atoms with van der Waals surface area (Å²) in [5.74, 6) is -0.0585. The highest BCUT2D eigenvalue weighted by Gasteiger charge is 2.30. The first-order chi connectivity index (χ1) is 12.0. The molecule has 0 bridgehead atoms. The van der Waals surface area contributed by atoms with Gasteiger partial charge in [0.15, 0.2) is 0 Å². The van der Waals surface area contributed by atoms with Crippen LogP contribution in [0.1, 0.15) is 12.8 Å². The minimum Gasteiger partial charge on any atom is -0.495 e. The molecule has 138 valence electrons. The summed E-state index contributed by atoms with van der Waals surface area (Å²) in [5, 5.41) is 5.83. The number of benzene rings is 1. The van der Waals surface area contributed by atoms with Crippen molar-refractivity contribution in [1.29, 1.82) is 0 Å². The van der Waals surface area contributed by atoms with E-state index in [1.807, 2.05) is 0 Å². The molecular formula is C16H23N3O5S. The smallest absolute Gasteiger partial charge is 0.254 e. The normalized spacial score (nSPS) is 21.9. The summed E-state index contributed by atoms with van der Waals surface area (Å²) in [6.45, 7) is 2.70. The minimum atomic E-state index is -3.59. The maximum Gasteiger partial charge on any atom is 0.254 e. The van der Waals surface area contributed by atoms with E-state index < -0.39 is 16.1 Å². The third kappa shape index (κ3) is 3.95. The summed E-state index contributed by atoms with van der Waals surface area (Å²) in [4.78, 5) is 12.3. The van der Waals surface area contributed by atoms with Gasteiger partial charge in [0, 0.05) is 37.9 Å². The van der Waals surface area contributed by atoms with Crippen LogP contribution in [0.3, 0.4) is 0 Å². The zero-order valence-electron chi connectivity index (χ0n) is 14.2. The molecule has 2 heterocycles. The Morgan fingerprint density at radius 1 is 1.36 bits per heavy atom. The first kappa shape index (κ1) is 18.1. The van der Waals surface area contributed by atoms with E-state index in [2.05, 4.69) is 10.6 Å². The Hall–Kier alpha value is -1.68. The van der Waals surface area contributed by atoms with Gasteiger partial charge in [0.05, 0.1) is 13.7 Å². The number of nitrogens with one attached hydrogen (secondary N) is 2. The van der Waals surface area contributed by atoms with Crippen molar-refractivity contribution in [2.75, 3.05) is 45.2 Å². The molecule has 2 aliphatic heterocycles. The molecule has 2 fully saturated rings. The van der Waals surface area contributed by atoms with E-state index in [0.717, 1.165) is 19.4 Å². The second kappa shape index (κ2) is 7.69. The van der Waals surface area contributed by atoms with Crippen molar-refractivity contribution in [2.24, 2.45) is 0 Å². The Balaban J connectivity index is 1.78. The van der Waals surface area contributed by atoms with Gasteiger partial charge in [-0.1, -0.05) is 0 Å². The van der Waals surface area contributed by atoms with Crippen LogP contribution >= 0.6 is 0 Å². The number of morpholine rings is 1. The molecule has 1 aromatic carbocycles. The Morgan fingerprint density at radius 3 is 2.76 bits per heavy atom. The fourth-order valence-corrected chi connectivity index (χ4v) is 4.64. The van der Waals surface area contributed by atoms with Crippen LogP contribution in [0.5, 0.6) is 5.75 Å². The fourth-order valence-electron chi connectivity index (χ4n) is 2.98. The summed E-state index contributed by atoms with van der Waals surface area (Å²) >= 11 is 0. The number of anilines is 1. The molecule has 9 heteroatoms. The largest absolute Gasteiger partial charge is 0.495 e. The first-order valence-electron chi connectivity index (χ1n) is 8.34. The van der Waals surface area contributed by atoms with E-state index in [-0.39, 0.29) is 16.6 Å². The quantitative estimate of drug-likeness (QED) is 0.780. The summed E-state index contributed by atoms with van der Waals surface area (Å²) in [5.41, 5.74) is 0.469. The lowest BCUT2D eigenvalue weighted by Gasteiger charge is -2.23. The number of hydrogen-bond acceptors (Lipinski definition) is 6. The van der Waals surface area contributed by atoms with Gasteiger partial charge in [-0.15, -0.1) is 0 Å². The highest BCUT2D eigenvalue weighted by molar-refractivity contribution is 7.89. The van der Waals surface area contributed by atoms with Crippen molar-refractivity contribution in [3.05, 3.63) is 18.2 Å². The van der Waals surface area contributed by atoms with Gasteiger partial charge in [-0.25, -0.2) is 8.42 Å². The highest BCUT2D eigenvalue weighted by atomic mass is 32.2. The molecule has 2 N–H and O–H groups in total. The van der Waals surface area contributed by atoms with Crippen molar-refractivity contribution in [2.45, 2.75) is 23.8 Å². The number of rotatable bonds is 5. The molecule has 0 aliphatic carbocycles. The molecule has 1 amide bonds. The van der Waals surface area contributed by atoms with Crippen LogP contribution in [0.25, 0.3) is 0 Å². The number of nitrogens with zero attached hydrogens (tertiary/aromatic N) is 1. The van der Waals surface area contributed by atoms with Crippen LogP contribution in [-0.4, -0.2) is 64.6 Å². The molecule has 2 saturated heterocycles. The van der Waals surface area contributed by atoms with Gasteiger partial charge >= 0.3 is 0 Å². The minimum absolute atomic E-state index is 0.116. The zero-order valence-corrected chi connectivity index (χ0v) is 15.0. The Kier molecular flexibility index (Phi) is 5.57. The first-order valence-corrected chi connectivity index (χ1v) is 9.78. The number of carbonyl (C=O) groups excluding carboxylic acids is 1. The summed E-state index contributed by atoms with van der Waals surface area (Å²) in [6, 6.07) is 4.57. The topological polar surface area (TPSA) is 97.0 Å². The third-order valence-electron chi connectivity index (χ3n) is 4.33. The Labute approximate surface area is 147 Å². The van der Waals surface area contributed by atoms with E-state index in [0.29, 0.717) is 31.9 Å². The third-order valence-corrected chi connectivity index (χ3v) is 6.27. The van der Waals surface area contributed by atoms with Crippen LogP contribution in [-0.2, 0) is 19.6 Å². The average molecular weight is 369 g/mol. The molecule has 0 spiro atoms. The van der Waals surface area contributed by atoms with Gasteiger partial charge in [-0.3, -0.25) is 4.79 Å². The van der Waals surface area contributed by atoms with Crippen LogP contribution in [0.15, 0.2) is 23.1 Å². The van der Waals surface area contributed by atoms with Crippen molar-refractivity contribution in [3.63, 3.8) is 0 Å². The van der Waals surface area contributed by atoms with E-state index in [1.165, 1.54) is 23.5 Å². The number of amides is 1. The maximum absolute atomic E-state index is 12.7. The maximum atomic E-state index is 12.7. The summed E-state index contributed by atoms with van der Waals surface area (Å²) in [7, 11) is -2.17. The predicted octanol–water partition coefficient (Wildman–Crippen LogP) is 0.407. The molecule has 0 radical (unpaired) electrons. The van der Waals surface area contributed by atoms with Gasteiger partial charge in [0.2, 0.25) is 10.0 Å². The number of carbonyl (C=O) groups is 1. The molecule has 2 aliphatic rings. The van der Waals surface area contributed by atoms with Crippen LogP contribution in [0.2, 0.25) is 0 Å². The van der Waals surface area contributed by atoms with E-state index in [4.69, 9.17) is 9.47 Å². The molecule has 3 rings (SSSR count). The molecule has 0 aromatic heterocycles. The SMILES string of the molecule is COc1cc(NC(=O)C2CNCCO2)ccc1S(=O)(=O)N1CCCC1. The van der Waals surface area contributed by atoms with Crippen molar-refractivity contribution >= 4 is 21.6 Å². The standard InChI is InChI=1S/C16H23N3O5S/c1-23-13-10-12(18-16(20)14-11-17-6-9-24-14)4-5-15(13)25(21,22)19-7-2-3-8-19/h4-5,10,14,17H,2-3,6-9,11H2,1H3,(H,18,20).